The van der Waals surface area contributed by atoms with Crippen LogP contribution in [0.15, 0.2) is 42.5 Å². The average molecular weight is 468 g/mol. The molecule has 2 aromatic rings. The SMILES string of the molecule is Cc1cc(N2CCN(C(=O)OC(C)(C)C)CC2)c2c(c1)N(C(=O)OCc1ccccc1)CCO2. The van der Waals surface area contributed by atoms with E-state index >= 15 is 0 Å². The molecule has 2 amide bonds. The summed E-state index contributed by atoms with van der Waals surface area (Å²) < 4.78 is 17.1. The predicted molar refractivity (Wildman–Crippen MR) is 131 cm³/mol. The first-order valence-electron chi connectivity index (χ1n) is 11.7. The number of nitrogens with zero attached hydrogens (tertiary/aromatic N) is 3. The van der Waals surface area contributed by atoms with Crippen LogP contribution in [0.5, 0.6) is 5.75 Å². The molecule has 2 heterocycles. The van der Waals surface area contributed by atoms with E-state index in [0.29, 0.717) is 50.8 Å². The molecule has 8 nitrogen and oxygen atoms in total. The predicted octanol–water partition coefficient (Wildman–Crippen LogP) is 4.59. The standard InChI is InChI=1S/C26H33N3O5/c1-19-16-21(27-10-12-28(13-11-27)24(30)34-26(2,3)4)23-22(17-19)29(14-15-32-23)25(31)33-18-20-8-6-5-7-9-20/h5-9,16-17H,10-15,18H2,1-4H3. The van der Waals surface area contributed by atoms with Crippen molar-refractivity contribution >= 4 is 23.6 Å². The zero-order valence-corrected chi connectivity index (χ0v) is 20.4. The lowest BCUT2D eigenvalue weighted by Gasteiger charge is -2.39. The first-order chi connectivity index (χ1) is 16.2. The maximum Gasteiger partial charge on any atom is 0.414 e. The van der Waals surface area contributed by atoms with Gasteiger partial charge in [-0.05, 0) is 51.0 Å². The lowest BCUT2D eigenvalue weighted by molar-refractivity contribution is 0.0240. The molecule has 0 bridgehead atoms. The third kappa shape index (κ3) is 5.55. The number of amides is 2. The molecule has 8 heteroatoms. The van der Waals surface area contributed by atoms with Crippen LogP contribution in [0.3, 0.4) is 0 Å². The molecule has 0 saturated carbocycles. The molecule has 182 valence electrons. The van der Waals surface area contributed by atoms with Crippen LogP contribution in [0.25, 0.3) is 0 Å². The maximum absolute atomic E-state index is 12.9. The van der Waals surface area contributed by atoms with Crippen molar-refractivity contribution in [2.24, 2.45) is 0 Å². The Morgan fingerprint density at radius 3 is 2.29 bits per heavy atom. The molecule has 34 heavy (non-hydrogen) atoms. The number of hydrogen-bond acceptors (Lipinski definition) is 6. The minimum Gasteiger partial charge on any atom is -0.487 e. The highest BCUT2D eigenvalue weighted by Crippen LogP contribution is 2.42. The minimum absolute atomic E-state index is 0.220. The van der Waals surface area contributed by atoms with Crippen LogP contribution in [-0.4, -0.2) is 62.0 Å². The lowest BCUT2D eigenvalue weighted by atomic mass is 10.1. The summed E-state index contributed by atoms with van der Waals surface area (Å²) >= 11 is 0. The van der Waals surface area contributed by atoms with Crippen LogP contribution in [0.1, 0.15) is 31.9 Å². The number of carbonyl (C=O) groups is 2. The van der Waals surface area contributed by atoms with E-state index in [0.717, 1.165) is 16.8 Å². The Morgan fingerprint density at radius 2 is 1.62 bits per heavy atom. The number of carbonyl (C=O) groups excluding carboxylic acids is 2. The minimum atomic E-state index is -0.518. The van der Waals surface area contributed by atoms with E-state index in [1.165, 1.54) is 0 Å². The Bertz CT molecular complexity index is 1030. The second-order valence-corrected chi connectivity index (χ2v) is 9.63. The zero-order chi connectivity index (χ0) is 24.3. The monoisotopic (exact) mass is 467 g/mol. The molecule has 1 saturated heterocycles. The van der Waals surface area contributed by atoms with E-state index in [1.807, 2.05) is 64.1 Å². The van der Waals surface area contributed by atoms with Crippen LogP contribution in [0, 0.1) is 6.92 Å². The van der Waals surface area contributed by atoms with Crippen molar-refractivity contribution in [2.45, 2.75) is 39.9 Å². The Labute approximate surface area is 201 Å². The smallest absolute Gasteiger partial charge is 0.414 e. The molecule has 2 aliphatic heterocycles. The molecule has 0 radical (unpaired) electrons. The van der Waals surface area contributed by atoms with Crippen LogP contribution < -0.4 is 14.5 Å². The Hall–Kier alpha value is -3.42. The summed E-state index contributed by atoms with van der Waals surface area (Å²) in [6.07, 6.45) is -0.679. The first kappa shape index (κ1) is 23.7. The third-order valence-electron chi connectivity index (χ3n) is 5.74. The van der Waals surface area contributed by atoms with Gasteiger partial charge in [-0.3, -0.25) is 4.90 Å². The molecule has 0 aliphatic carbocycles. The molecule has 0 aromatic heterocycles. The second kappa shape index (κ2) is 9.83. The highest BCUT2D eigenvalue weighted by Gasteiger charge is 2.31. The summed E-state index contributed by atoms with van der Waals surface area (Å²) in [4.78, 5) is 31.0. The number of anilines is 2. The molecule has 4 rings (SSSR count). The van der Waals surface area contributed by atoms with Crippen molar-refractivity contribution in [2.75, 3.05) is 49.1 Å². The van der Waals surface area contributed by atoms with Crippen molar-refractivity contribution in [1.82, 2.24) is 4.90 Å². The van der Waals surface area contributed by atoms with Gasteiger partial charge in [0.2, 0.25) is 0 Å². The van der Waals surface area contributed by atoms with Crippen molar-refractivity contribution in [3.63, 3.8) is 0 Å². The topological polar surface area (TPSA) is 71.6 Å². The van der Waals surface area contributed by atoms with Crippen LogP contribution in [-0.2, 0) is 16.1 Å². The van der Waals surface area contributed by atoms with E-state index in [9.17, 15) is 9.59 Å². The van der Waals surface area contributed by atoms with E-state index in [2.05, 4.69) is 11.0 Å². The summed E-state index contributed by atoms with van der Waals surface area (Å²) in [6.45, 7) is 11.1. The first-order valence-corrected chi connectivity index (χ1v) is 11.7. The van der Waals surface area contributed by atoms with Gasteiger partial charge in [0.1, 0.15) is 18.8 Å². The fraction of sp³-hybridized carbons (Fsp3) is 0.462. The van der Waals surface area contributed by atoms with E-state index in [1.54, 1.807) is 9.80 Å². The molecule has 0 atom stereocenters. The summed E-state index contributed by atoms with van der Waals surface area (Å²) in [5.41, 5.74) is 3.09. The van der Waals surface area contributed by atoms with Crippen LogP contribution >= 0.6 is 0 Å². The highest BCUT2D eigenvalue weighted by atomic mass is 16.6. The summed E-state index contributed by atoms with van der Waals surface area (Å²) in [5, 5.41) is 0. The Kier molecular flexibility index (Phi) is 6.86. The van der Waals surface area contributed by atoms with Crippen molar-refractivity contribution < 1.29 is 23.8 Å². The highest BCUT2D eigenvalue weighted by molar-refractivity contribution is 5.92. The van der Waals surface area contributed by atoms with Gasteiger partial charge < -0.3 is 24.0 Å². The molecule has 1 fully saturated rings. The number of benzene rings is 2. The quantitative estimate of drug-likeness (QED) is 0.658. The molecule has 0 unspecified atom stereocenters. The summed E-state index contributed by atoms with van der Waals surface area (Å²) in [5.74, 6) is 0.680. The van der Waals surface area contributed by atoms with Gasteiger partial charge in [-0.2, -0.15) is 0 Å². The van der Waals surface area contributed by atoms with Crippen molar-refractivity contribution in [1.29, 1.82) is 0 Å². The van der Waals surface area contributed by atoms with Gasteiger partial charge in [0.05, 0.1) is 17.9 Å². The molecular weight excluding hydrogens is 434 g/mol. The van der Waals surface area contributed by atoms with Gasteiger partial charge >= 0.3 is 12.2 Å². The van der Waals surface area contributed by atoms with Gasteiger partial charge in [-0.25, -0.2) is 9.59 Å². The maximum atomic E-state index is 12.9. The number of hydrogen-bond donors (Lipinski definition) is 0. The van der Waals surface area contributed by atoms with Gasteiger partial charge in [-0.1, -0.05) is 30.3 Å². The molecule has 0 N–H and O–H groups in total. The Morgan fingerprint density at radius 1 is 0.941 bits per heavy atom. The molecule has 2 aromatic carbocycles. The summed E-state index contributed by atoms with van der Waals surface area (Å²) in [6, 6.07) is 13.7. The molecule has 2 aliphatic rings. The lowest BCUT2D eigenvalue weighted by Crippen LogP contribution is -2.50. The largest absolute Gasteiger partial charge is 0.487 e. The van der Waals surface area contributed by atoms with Gasteiger partial charge in [0, 0.05) is 26.2 Å². The number of ether oxygens (including phenoxy) is 3. The average Bonchev–Trinajstić information content (AvgIpc) is 2.81. The second-order valence-electron chi connectivity index (χ2n) is 9.63. The molecule has 0 spiro atoms. The normalized spacial score (nSPS) is 15.9. The van der Waals surface area contributed by atoms with E-state index in [-0.39, 0.29) is 18.8 Å². The van der Waals surface area contributed by atoms with Crippen LogP contribution in [0.2, 0.25) is 0 Å². The van der Waals surface area contributed by atoms with Gasteiger partial charge in [0.15, 0.2) is 5.75 Å². The van der Waals surface area contributed by atoms with Crippen molar-refractivity contribution in [3.05, 3.63) is 53.6 Å². The molecular formula is C26H33N3O5. The summed E-state index contributed by atoms with van der Waals surface area (Å²) in [7, 11) is 0. The third-order valence-corrected chi connectivity index (χ3v) is 5.74. The Balaban J connectivity index is 1.47. The van der Waals surface area contributed by atoms with Gasteiger partial charge in [-0.15, -0.1) is 0 Å². The fourth-order valence-electron chi connectivity index (χ4n) is 4.12. The zero-order valence-electron chi connectivity index (χ0n) is 20.4. The number of fused-ring (bicyclic) bond motifs is 1. The number of rotatable bonds is 3. The van der Waals surface area contributed by atoms with Crippen molar-refractivity contribution in [3.8, 4) is 5.75 Å². The van der Waals surface area contributed by atoms with E-state index in [4.69, 9.17) is 14.2 Å². The fourth-order valence-corrected chi connectivity index (χ4v) is 4.12. The number of piperazine rings is 1. The van der Waals surface area contributed by atoms with Crippen LogP contribution in [0.4, 0.5) is 21.0 Å². The van der Waals surface area contributed by atoms with E-state index < -0.39 is 5.60 Å². The van der Waals surface area contributed by atoms with Gasteiger partial charge in [0.25, 0.3) is 0 Å². The number of aryl methyl sites for hydroxylation is 1.